The molecule has 0 spiro atoms. The zero-order chi connectivity index (χ0) is 10.9. The fourth-order valence-corrected chi connectivity index (χ4v) is 2.37. The summed E-state index contributed by atoms with van der Waals surface area (Å²) in [4.78, 5) is 0.180. The number of hydrogen-bond acceptors (Lipinski definition) is 2. The molecule has 0 unspecified atom stereocenters. The zero-order valence-electron chi connectivity index (χ0n) is 8.32. The van der Waals surface area contributed by atoms with Gasteiger partial charge in [-0.15, -0.1) is 0 Å². The lowest BCUT2D eigenvalue weighted by molar-refractivity contribution is 0.609. The van der Waals surface area contributed by atoms with Crippen LogP contribution in [0.15, 0.2) is 29.2 Å². The lowest BCUT2D eigenvalue weighted by atomic mass is 10.1. The maximum absolute atomic E-state index is 11.0. The largest absolute Gasteiger partial charge is 0.261 e. The van der Waals surface area contributed by atoms with Gasteiger partial charge in [-0.05, 0) is 36.5 Å². The van der Waals surface area contributed by atoms with Gasteiger partial charge in [0.2, 0.25) is 0 Å². The van der Waals surface area contributed by atoms with E-state index in [1.54, 1.807) is 12.1 Å². The van der Waals surface area contributed by atoms with Crippen molar-refractivity contribution < 1.29 is 8.42 Å². The Morgan fingerprint density at radius 1 is 1.20 bits per heavy atom. The number of halogens is 1. The fraction of sp³-hybridized carbons (Fsp3) is 0.455. The number of benzene rings is 1. The van der Waals surface area contributed by atoms with Crippen LogP contribution >= 0.6 is 10.7 Å². The van der Waals surface area contributed by atoms with Crippen LogP contribution in [0, 0.1) is 5.92 Å². The molecule has 0 amide bonds. The minimum absolute atomic E-state index is 0.180. The lowest BCUT2D eigenvalue weighted by Gasteiger charge is -2.01. The van der Waals surface area contributed by atoms with Gasteiger partial charge in [0, 0.05) is 10.7 Å². The van der Waals surface area contributed by atoms with Gasteiger partial charge in [-0.3, -0.25) is 0 Å². The molecule has 0 heterocycles. The summed E-state index contributed by atoms with van der Waals surface area (Å²) in [5.74, 6) is 0.904. The Labute approximate surface area is 94.7 Å². The Balaban J connectivity index is 2.02. The third-order valence-corrected chi connectivity index (χ3v) is 4.11. The van der Waals surface area contributed by atoms with E-state index >= 15 is 0 Å². The van der Waals surface area contributed by atoms with Crippen molar-refractivity contribution in [1.29, 1.82) is 0 Å². The number of hydrogen-bond donors (Lipinski definition) is 0. The number of rotatable bonds is 4. The van der Waals surface area contributed by atoms with E-state index in [-0.39, 0.29) is 4.90 Å². The van der Waals surface area contributed by atoms with Crippen molar-refractivity contribution in [3.8, 4) is 0 Å². The van der Waals surface area contributed by atoms with Crippen molar-refractivity contribution in [2.24, 2.45) is 5.92 Å². The van der Waals surface area contributed by atoms with Crippen LogP contribution in [0.3, 0.4) is 0 Å². The Morgan fingerprint density at radius 2 is 1.80 bits per heavy atom. The molecule has 0 N–H and O–H groups in total. The zero-order valence-corrected chi connectivity index (χ0v) is 9.89. The molecule has 4 heteroatoms. The van der Waals surface area contributed by atoms with Crippen LogP contribution in [0.1, 0.15) is 24.8 Å². The maximum atomic E-state index is 11.0. The van der Waals surface area contributed by atoms with E-state index in [0.29, 0.717) is 0 Å². The average molecular weight is 245 g/mol. The van der Waals surface area contributed by atoms with Crippen LogP contribution in [0.4, 0.5) is 0 Å². The Hall–Kier alpha value is -0.540. The van der Waals surface area contributed by atoms with E-state index in [4.69, 9.17) is 10.7 Å². The van der Waals surface area contributed by atoms with Gasteiger partial charge in [0.05, 0.1) is 4.90 Å². The molecule has 1 saturated carbocycles. The van der Waals surface area contributed by atoms with Gasteiger partial charge in [-0.1, -0.05) is 25.0 Å². The highest BCUT2D eigenvalue weighted by molar-refractivity contribution is 8.13. The molecular formula is C11H13ClO2S. The minimum Gasteiger partial charge on any atom is -0.207 e. The average Bonchev–Trinajstić information content (AvgIpc) is 2.97. The highest BCUT2D eigenvalue weighted by Crippen LogP contribution is 2.33. The second kappa shape index (κ2) is 4.14. The predicted octanol–water partition coefficient (Wildman–Crippen LogP) is 2.96. The molecule has 0 radical (unpaired) electrons. The highest BCUT2D eigenvalue weighted by Gasteiger charge is 2.20. The first kappa shape index (κ1) is 11.0. The van der Waals surface area contributed by atoms with E-state index in [0.717, 1.165) is 12.3 Å². The minimum atomic E-state index is -3.57. The summed E-state index contributed by atoms with van der Waals surface area (Å²) in [5, 5.41) is 0. The topological polar surface area (TPSA) is 34.1 Å². The molecular weight excluding hydrogens is 232 g/mol. The molecule has 0 saturated heterocycles. The third kappa shape index (κ3) is 3.21. The molecule has 82 valence electrons. The molecule has 15 heavy (non-hydrogen) atoms. The van der Waals surface area contributed by atoms with Crippen molar-refractivity contribution in [2.75, 3.05) is 0 Å². The van der Waals surface area contributed by atoms with Gasteiger partial charge in [0.25, 0.3) is 9.05 Å². The monoisotopic (exact) mass is 244 g/mol. The SMILES string of the molecule is O=S(=O)(Cl)c1ccc(CCC2CC2)cc1. The summed E-state index contributed by atoms with van der Waals surface area (Å²) in [7, 11) is 1.65. The summed E-state index contributed by atoms with van der Waals surface area (Å²) in [6.45, 7) is 0. The van der Waals surface area contributed by atoms with Gasteiger partial charge in [-0.25, -0.2) is 8.42 Å². The molecule has 0 aromatic heterocycles. The van der Waals surface area contributed by atoms with Crippen LogP contribution in [0.5, 0.6) is 0 Å². The van der Waals surface area contributed by atoms with Crippen LogP contribution in [0.25, 0.3) is 0 Å². The van der Waals surface area contributed by atoms with Crippen LogP contribution in [0.2, 0.25) is 0 Å². The van der Waals surface area contributed by atoms with Crippen molar-refractivity contribution >= 4 is 19.7 Å². The second-order valence-electron chi connectivity index (χ2n) is 4.06. The highest BCUT2D eigenvalue weighted by atomic mass is 35.7. The fourth-order valence-electron chi connectivity index (χ4n) is 1.60. The van der Waals surface area contributed by atoms with E-state index in [1.807, 2.05) is 12.1 Å². The van der Waals surface area contributed by atoms with E-state index in [1.165, 1.54) is 24.8 Å². The van der Waals surface area contributed by atoms with Gasteiger partial charge in [0.15, 0.2) is 0 Å². The molecule has 1 fully saturated rings. The maximum Gasteiger partial charge on any atom is 0.261 e. The Bertz CT molecular complexity index is 432. The molecule has 1 aromatic rings. The first-order chi connectivity index (χ1) is 7.05. The smallest absolute Gasteiger partial charge is 0.207 e. The summed E-state index contributed by atoms with van der Waals surface area (Å²) in [5.41, 5.74) is 1.19. The standard InChI is InChI=1S/C11H13ClO2S/c12-15(13,14)11-7-5-10(6-8-11)4-3-9-1-2-9/h5-9H,1-4H2. The third-order valence-electron chi connectivity index (χ3n) is 2.74. The molecule has 1 aromatic carbocycles. The molecule has 1 aliphatic carbocycles. The van der Waals surface area contributed by atoms with Gasteiger partial charge >= 0.3 is 0 Å². The van der Waals surface area contributed by atoms with E-state index in [9.17, 15) is 8.42 Å². The van der Waals surface area contributed by atoms with Crippen LogP contribution < -0.4 is 0 Å². The van der Waals surface area contributed by atoms with Crippen molar-refractivity contribution in [1.82, 2.24) is 0 Å². The molecule has 1 aliphatic rings. The Morgan fingerprint density at radius 3 is 2.27 bits per heavy atom. The second-order valence-corrected chi connectivity index (χ2v) is 6.63. The van der Waals surface area contributed by atoms with Gasteiger partial charge in [0.1, 0.15) is 0 Å². The quantitative estimate of drug-likeness (QED) is 0.764. The van der Waals surface area contributed by atoms with Crippen molar-refractivity contribution in [2.45, 2.75) is 30.6 Å². The number of aryl methyl sites for hydroxylation is 1. The van der Waals surface area contributed by atoms with Crippen LogP contribution in [-0.2, 0) is 15.5 Å². The van der Waals surface area contributed by atoms with Gasteiger partial charge in [-0.2, -0.15) is 0 Å². The van der Waals surface area contributed by atoms with E-state index < -0.39 is 9.05 Å². The predicted molar refractivity (Wildman–Crippen MR) is 60.5 cm³/mol. The van der Waals surface area contributed by atoms with Crippen LogP contribution in [-0.4, -0.2) is 8.42 Å². The molecule has 2 nitrogen and oxygen atoms in total. The first-order valence-electron chi connectivity index (χ1n) is 5.09. The molecule has 0 aliphatic heterocycles. The first-order valence-corrected chi connectivity index (χ1v) is 7.40. The molecule has 0 atom stereocenters. The summed E-state index contributed by atoms with van der Waals surface area (Å²) < 4.78 is 22.0. The normalized spacial score (nSPS) is 16.6. The van der Waals surface area contributed by atoms with Gasteiger partial charge < -0.3 is 0 Å². The lowest BCUT2D eigenvalue weighted by Crippen LogP contribution is -1.92. The Kier molecular flexibility index (Phi) is 3.03. The van der Waals surface area contributed by atoms with E-state index in [2.05, 4.69) is 0 Å². The molecule has 0 bridgehead atoms. The molecule has 2 rings (SSSR count). The summed E-state index contributed by atoms with van der Waals surface area (Å²) in [6, 6.07) is 6.84. The summed E-state index contributed by atoms with van der Waals surface area (Å²) >= 11 is 0. The van der Waals surface area contributed by atoms with Crippen molar-refractivity contribution in [3.63, 3.8) is 0 Å². The van der Waals surface area contributed by atoms with Crippen molar-refractivity contribution in [3.05, 3.63) is 29.8 Å². The summed E-state index contributed by atoms with van der Waals surface area (Å²) in [6.07, 6.45) is 4.96.